The average Bonchev–Trinajstić information content (AvgIpc) is 2.74. The second-order valence-corrected chi connectivity index (χ2v) is 5.46. The van der Waals surface area contributed by atoms with E-state index in [1.165, 1.54) is 24.9 Å². The van der Waals surface area contributed by atoms with Gasteiger partial charge in [-0.3, -0.25) is 4.79 Å². The lowest BCUT2D eigenvalue weighted by Gasteiger charge is -2.17. The SMILES string of the molecule is COC(=O)c1ccc(CSC(C)(C)C(=O)O)o1. The summed E-state index contributed by atoms with van der Waals surface area (Å²) in [4.78, 5) is 22.0. The van der Waals surface area contributed by atoms with Crippen LogP contribution in [0.15, 0.2) is 16.5 Å². The standard InChI is InChI=1S/C11H14O5S/c1-11(2,10(13)14)17-6-7-4-5-8(16-7)9(12)15-3/h4-5H,6H2,1-3H3,(H,13,14). The fourth-order valence-electron chi connectivity index (χ4n) is 0.979. The molecule has 0 bridgehead atoms. The van der Waals surface area contributed by atoms with E-state index in [0.717, 1.165) is 0 Å². The van der Waals surface area contributed by atoms with Gasteiger partial charge < -0.3 is 14.3 Å². The molecule has 0 amide bonds. The minimum Gasteiger partial charge on any atom is -0.480 e. The van der Waals surface area contributed by atoms with Crippen molar-refractivity contribution in [1.29, 1.82) is 0 Å². The van der Waals surface area contributed by atoms with Crippen LogP contribution < -0.4 is 0 Å². The molecule has 0 fully saturated rings. The van der Waals surface area contributed by atoms with Crippen molar-refractivity contribution in [2.24, 2.45) is 0 Å². The molecule has 0 saturated heterocycles. The third-order valence-corrected chi connectivity index (χ3v) is 3.46. The highest BCUT2D eigenvalue weighted by molar-refractivity contribution is 8.00. The summed E-state index contributed by atoms with van der Waals surface area (Å²) in [5.41, 5.74) is 0. The molecule has 0 aliphatic heterocycles. The van der Waals surface area contributed by atoms with Crippen molar-refractivity contribution in [3.8, 4) is 0 Å². The first kappa shape index (κ1) is 13.6. The van der Waals surface area contributed by atoms with Gasteiger partial charge >= 0.3 is 11.9 Å². The zero-order valence-corrected chi connectivity index (χ0v) is 10.7. The molecule has 1 aromatic rings. The van der Waals surface area contributed by atoms with Crippen molar-refractivity contribution in [2.45, 2.75) is 24.3 Å². The number of hydrogen-bond donors (Lipinski definition) is 1. The van der Waals surface area contributed by atoms with Crippen LogP contribution in [0, 0.1) is 0 Å². The molecule has 6 heteroatoms. The van der Waals surface area contributed by atoms with Crippen molar-refractivity contribution in [3.05, 3.63) is 23.7 Å². The van der Waals surface area contributed by atoms with Crippen molar-refractivity contribution in [3.63, 3.8) is 0 Å². The number of esters is 1. The normalized spacial score (nSPS) is 11.2. The maximum absolute atomic E-state index is 11.1. The Kier molecular flexibility index (Phi) is 4.22. The summed E-state index contributed by atoms with van der Waals surface area (Å²) in [5, 5.41) is 8.93. The predicted octanol–water partition coefficient (Wildman–Crippen LogP) is 2.16. The quantitative estimate of drug-likeness (QED) is 0.815. The number of carboxylic acids is 1. The smallest absolute Gasteiger partial charge is 0.373 e. The number of carbonyl (C=O) groups excluding carboxylic acids is 1. The van der Waals surface area contributed by atoms with E-state index in [2.05, 4.69) is 4.74 Å². The Hall–Kier alpha value is -1.43. The Morgan fingerprint density at radius 2 is 2.12 bits per heavy atom. The first-order chi connectivity index (χ1) is 7.86. The highest BCUT2D eigenvalue weighted by Crippen LogP contribution is 2.28. The van der Waals surface area contributed by atoms with Crippen molar-refractivity contribution < 1.29 is 23.8 Å². The van der Waals surface area contributed by atoms with Crippen molar-refractivity contribution >= 4 is 23.7 Å². The molecule has 1 N–H and O–H groups in total. The van der Waals surface area contributed by atoms with Gasteiger partial charge in [0.2, 0.25) is 5.76 Å². The van der Waals surface area contributed by atoms with Gasteiger partial charge in [-0.1, -0.05) is 0 Å². The summed E-state index contributed by atoms with van der Waals surface area (Å²) in [6.45, 7) is 3.23. The monoisotopic (exact) mass is 258 g/mol. The Morgan fingerprint density at radius 1 is 1.47 bits per heavy atom. The van der Waals surface area contributed by atoms with Gasteiger partial charge in [0.1, 0.15) is 10.5 Å². The number of carbonyl (C=O) groups is 2. The topological polar surface area (TPSA) is 76.7 Å². The van der Waals surface area contributed by atoms with Crippen LogP contribution in [0.25, 0.3) is 0 Å². The number of ether oxygens (including phenoxy) is 1. The molecule has 0 aliphatic rings. The molecule has 0 spiro atoms. The number of methoxy groups -OCH3 is 1. The molecule has 1 heterocycles. The van der Waals surface area contributed by atoms with Crippen LogP contribution in [-0.2, 0) is 15.3 Å². The molecule has 0 aliphatic carbocycles. The third-order valence-electron chi connectivity index (χ3n) is 2.14. The highest BCUT2D eigenvalue weighted by Gasteiger charge is 2.28. The molecule has 0 aromatic carbocycles. The lowest BCUT2D eigenvalue weighted by atomic mass is 10.2. The predicted molar refractivity (Wildman–Crippen MR) is 63.1 cm³/mol. The van der Waals surface area contributed by atoms with E-state index in [4.69, 9.17) is 9.52 Å². The van der Waals surface area contributed by atoms with Gasteiger partial charge in [-0.25, -0.2) is 4.79 Å². The second-order valence-electron chi connectivity index (χ2n) is 3.86. The molecular weight excluding hydrogens is 244 g/mol. The van der Waals surface area contributed by atoms with Crippen LogP contribution in [0.3, 0.4) is 0 Å². The van der Waals surface area contributed by atoms with Gasteiger partial charge in [0.25, 0.3) is 0 Å². The van der Waals surface area contributed by atoms with Gasteiger partial charge in [0.05, 0.1) is 12.9 Å². The molecule has 0 saturated carbocycles. The zero-order valence-electron chi connectivity index (χ0n) is 9.85. The van der Waals surface area contributed by atoms with E-state index in [1.807, 2.05) is 0 Å². The summed E-state index contributed by atoms with van der Waals surface area (Å²) in [6, 6.07) is 3.15. The van der Waals surface area contributed by atoms with Crippen molar-refractivity contribution in [1.82, 2.24) is 0 Å². The Balaban J connectivity index is 2.62. The number of carboxylic acid groups (broad SMARTS) is 1. The molecule has 0 atom stereocenters. The van der Waals surface area contributed by atoms with E-state index in [0.29, 0.717) is 11.5 Å². The molecule has 0 unspecified atom stereocenters. The van der Waals surface area contributed by atoms with Crippen LogP contribution in [0.4, 0.5) is 0 Å². The lowest BCUT2D eigenvalue weighted by Crippen LogP contribution is -2.27. The van der Waals surface area contributed by atoms with E-state index < -0.39 is 16.7 Å². The molecule has 5 nitrogen and oxygen atoms in total. The van der Waals surface area contributed by atoms with Crippen LogP contribution in [0.2, 0.25) is 0 Å². The first-order valence-corrected chi connectivity index (χ1v) is 5.90. The zero-order chi connectivity index (χ0) is 13.1. The molecule has 17 heavy (non-hydrogen) atoms. The summed E-state index contributed by atoms with van der Waals surface area (Å²) < 4.78 is 8.83. The highest BCUT2D eigenvalue weighted by atomic mass is 32.2. The fourth-order valence-corrected chi connectivity index (χ4v) is 1.76. The van der Waals surface area contributed by atoms with Gasteiger partial charge in [-0.2, -0.15) is 0 Å². The van der Waals surface area contributed by atoms with Gasteiger partial charge in [-0.15, -0.1) is 11.8 Å². The van der Waals surface area contributed by atoms with Crippen LogP contribution >= 0.6 is 11.8 Å². The fraction of sp³-hybridized carbons (Fsp3) is 0.455. The Labute approximate surface area is 103 Å². The number of aliphatic carboxylic acids is 1. The Morgan fingerprint density at radius 3 is 2.65 bits per heavy atom. The number of hydrogen-bond acceptors (Lipinski definition) is 5. The largest absolute Gasteiger partial charge is 0.480 e. The van der Waals surface area contributed by atoms with Crippen LogP contribution in [0.1, 0.15) is 30.2 Å². The summed E-state index contributed by atoms with van der Waals surface area (Å²) >= 11 is 1.23. The minimum atomic E-state index is -0.891. The number of thioether (sulfide) groups is 1. The van der Waals surface area contributed by atoms with E-state index in [-0.39, 0.29) is 5.76 Å². The summed E-state index contributed by atoms with van der Waals surface area (Å²) in [7, 11) is 1.27. The van der Waals surface area contributed by atoms with E-state index in [9.17, 15) is 9.59 Å². The molecule has 94 valence electrons. The maximum Gasteiger partial charge on any atom is 0.373 e. The van der Waals surface area contributed by atoms with E-state index >= 15 is 0 Å². The molecule has 1 aromatic heterocycles. The molecule has 0 radical (unpaired) electrons. The van der Waals surface area contributed by atoms with E-state index in [1.54, 1.807) is 19.9 Å². The van der Waals surface area contributed by atoms with Crippen LogP contribution in [0.5, 0.6) is 0 Å². The maximum atomic E-state index is 11.1. The average molecular weight is 258 g/mol. The summed E-state index contributed by atoms with van der Waals surface area (Å²) in [5.74, 6) is -0.377. The number of furan rings is 1. The van der Waals surface area contributed by atoms with Gasteiger partial charge in [0.15, 0.2) is 0 Å². The Bertz CT molecular complexity index is 421. The van der Waals surface area contributed by atoms with Gasteiger partial charge in [0, 0.05) is 0 Å². The molecule has 1 rings (SSSR count). The first-order valence-electron chi connectivity index (χ1n) is 4.91. The minimum absolute atomic E-state index is 0.122. The molecular formula is C11H14O5S. The number of rotatable bonds is 5. The van der Waals surface area contributed by atoms with Crippen LogP contribution in [-0.4, -0.2) is 28.9 Å². The van der Waals surface area contributed by atoms with Gasteiger partial charge in [-0.05, 0) is 26.0 Å². The second kappa shape index (κ2) is 5.27. The third kappa shape index (κ3) is 3.52. The summed E-state index contributed by atoms with van der Waals surface area (Å²) in [6.07, 6.45) is 0. The van der Waals surface area contributed by atoms with Crippen molar-refractivity contribution in [2.75, 3.05) is 7.11 Å². The lowest BCUT2D eigenvalue weighted by molar-refractivity contribution is -0.138.